The zero-order valence-electron chi connectivity index (χ0n) is 28.4. The number of hydrogen-bond donors (Lipinski definition) is 4. The van der Waals surface area contributed by atoms with Gasteiger partial charge in [0.15, 0.2) is 5.78 Å². The smallest absolute Gasteiger partial charge is 0.323 e. The molecule has 2 heterocycles. The number of nitrogens with one attached hydrogen (secondary N) is 2. The summed E-state index contributed by atoms with van der Waals surface area (Å²) in [5.41, 5.74) is 10.6. The van der Waals surface area contributed by atoms with Gasteiger partial charge in [-0.1, -0.05) is 43.7 Å². The lowest BCUT2D eigenvalue weighted by Gasteiger charge is -2.17. The highest BCUT2D eigenvalue weighted by molar-refractivity contribution is 6.04. The van der Waals surface area contributed by atoms with Crippen LogP contribution in [0.15, 0.2) is 60.9 Å². The number of nitrogens with zero attached hydrogens (tertiary/aromatic N) is 2. The third-order valence-electron chi connectivity index (χ3n) is 9.81. The number of aliphatic hydroxyl groups is 1. The van der Waals surface area contributed by atoms with Crippen molar-refractivity contribution in [2.45, 2.75) is 90.1 Å². The van der Waals surface area contributed by atoms with Gasteiger partial charge in [-0.3, -0.25) is 29.7 Å². The van der Waals surface area contributed by atoms with Crippen LogP contribution in [0.2, 0.25) is 0 Å². The van der Waals surface area contributed by atoms with E-state index in [2.05, 4.69) is 27.5 Å². The van der Waals surface area contributed by atoms with Crippen molar-refractivity contribution in [3.63, 3.8) is 0 Å². The van der Waals surface area contributed by atoms with Crippen molar-refractivity contribution < 1.29 is 24.6 Å². The Morgan fingerprint density at radius 1 is 0.837 bits per heavy atom. The van der Waals surface area contributed by atoms with Crippen molar-refractivity contribution in [2.75, 3.05) is 11.9 Å². The average molecular weight is 661 g/mol. The maximum absolute atomic E-state index is 13.6. The number of anilines is 1. The number of aromatic nitrogens is 2. The Hall–Kier alpha value is -4.73. The lowest BCUT2D eigenvalue weighted by Crippen LogP contribution is -2.39. The molecule has 2 aliphatic rings. The zero-order valence-corrected chi connectivity index (χ0v) is 28.4. The molecule has 2 aliphatic carbocycles. The van der Waals surface area contributed by atoms with Gasteiger partial charge in [-0.2, -0.15) is 0 Å². The molecule has 0 bridgehead atoms. The largest absolute Gasteiger partial charge is 0.480 e. The van der Waals surface area contributed by atoms with Crippen LogP contribution in [-0.2, 0) is 24.2 Å². The Morgan fingerprint density at radius 3 is 2.10 bits per heavy atom. The van der Waals surface area contributed by atoms with E-state index in [-0.39, 0.29) is 24.7 Å². The average Bonchev–Trinajstić information content (AvgIpc) is 4.02. The second-order valence-electron chi connectivity index (χ2n) is 13.4. The van der Waals surface area contributed by atoms with Crippen LogP contribution in [0.1, 0.15) is 111 Å². The van der Waals surface area contributed by atoms with Gasteiger partial charge >= 0.3 is 5.97 Å². The molecule has 0 saturated heterocycles. The van der Waals surface area contributed by atoms with Crippen LogP contribution in [-0.4, -0.2) is 50.5 Å². The normalized spacial score (nSPS) is 14.8. The minimum absolute atomic E-state index is 0.0961. The summed E-state index contributed by atoms with van der Waals surface area (Å²) in [6.07, 6.45) is 10.1. The number of rotatable bonds is 15. The van der Waals surface area contributed by atoms with Crippen LogP contribution in [0.3, 0.4) is 0 Å². The van der Waals surface area contributed by atoms with Crippen LogP contribution >= 0.6 is 0 Å². The molecule has 2 fully saturated rings. The molecule has 49 heavy (non-hydrogen) atoms. The van der Waals surface area contributed by atoms with Crippen LogP contribution < -0.4 is 10.6 Å². The standard InChI is InChI=1S/C40H44N4O5/c1-4-7-28-19-42-36(18-32(28)25-12-13-25)39(47)44-34-11-6-10-31(24(34)3)30-9-5-8-27(23(30)2)16-38(46)35-17-33(26-14-15-26)29(20-41-35)21-43-37(22-45)40(48)49/h5-6,8-11,17-20,25-26,37,43,45H,4,7,12-16,21-22H2,1-3H3,(H,44,47)(H,48,49)/t37-/m1/s1. The molecular weight excluding hydrogens is 616 g/mol. The number of ketones is 1. The van der Waals surface area contributed by atoms with Crippen LogP contribution in [0.25, 0.3) is 11.1 Å². The Kier molecular flexibility index (Phi) is 10.3. The Balaban J connectivity index is 1.19. The number of hydrogen-bond acceptors (Lipinski definition) is 7. The van der Waals surface area contributed by atoms with Crippen molar-refractivity contribution in [3.8, 4) is 11.1 Å². The predicted octanol–water partition coefficient (Wildman–Crippen LogP) is 6.68. The summed E-state index contributed by atoms with van der Waals surface area (Å²) >= 11 is 0. The summed E-state index contributed by atoms with van der Waals surface area (Å²) in [6, 6.07) is 14.6. The minimum atomic E-state index is -1.12. The summed E-state index contributed by atoms with van der Waals surface area (Å²) in [5.74, 6) is -0.586. The van der Waals surface area contributed by atoms with Gasteiger partial charge in [-0.15, -0.1) is 0 Å². The quantitative estimate of drug-likeness (QED) is 0.104. The van der Waals surface area contributed by atoms with Gasteiger partial charge in [0.05, 0.1) is 6.61 Å². The van der Waals surface area contributed by atoms with Crippen molar-refractivity contribution >= 4 is 23.3 Å². The Morgan fingerprint density at radius 2 is 1.45 bits per heavy atom. The van der Waals surface area contributed by atoms with E-state index in [9.17, 15) is 24.6 Å². The number of aliphatic hydroxyl groups excluding tert-OH is 1. The summed E-state index contributed by atoms with van der Waals surface area (Å²) in [7, 11) is 0. The molecule has 0 unspecified atom stereocenters. The third kappa shape index (κ3) is 7.79. The third-order valence-corrected chi connectivity index (χ3v) is 9.81. The number of aryl methyl sites for hydroxylation is 1. The molecule has 9 nitrogen and oxygen atoms in total. The first kappa shape index (κ1) is 34.1. The molecule has 0 radical (unpaired) electrons. The molecule has 254 valence electrons. The van der Waals surface area contributed by atoms with Gasteiger partial charge in [0.25, 0.3) is 5.91 Å². The van der Waals surface area contributed by atoms with Crippen molar-refractivity contribution in [3.05, 3.63) is 111 Å². The van der Waals surface area contributed by atoms with Crippen molar-refractivity contribution in [1.29, 1.82) is 0 Å². The van der Waals surface area contributed by atoms with E-state index in [4.69, 9.17) is 0 Å². The highest BCUT2D eigenvalue weighted by Crippen LogP contribution is 2.43. The maximum Gasteiger partial charge on any atom is 0.323 e. The Bertz CT molecular complexity index is 1900. The number of pyridine rings is 2. The van der Waals surface area contributed by atoms with E-state index in [1.165, 1.54) is 11.1 Å². The van der Waals surface area contributed by atoms with Gasteiger partial charge in [-0.05, 0) is 126 Å². The van der Waals surface area contributed by atoms with E-state index in [1.54, 1.807) is 6.20 Å². The summed E-state index contributed by atoms with van der Waals surface area (Å²) in [4.78, 5) is 47.3. The molecule has 2 aromatic heterocycles. The SMILES string of the molecule is CCCc1cnc(C(=O)Nc2cccc(-c3cccc(CC(=O)c4cc(C5CC5)c(CN[C@H](CO)C(=O)O)cn4)c3C)c2C)cc1C1CC1. The van der Waals surface area contributed by atoms with E-state index < -0.39 is 18.6 Å². The fraction of sp³-hybridized carbons (Fsp3) is 0.375. The van der Waals surface area contributed by atoms with Gasteiger partial charge in [-0.25, -0.2) is 0 Å². The van der Waals surface area contributed by atoms with E-state index >= 15 is 0 Å². The molecule has 2 saturated carbocycles. The zero-order chi connectivity index (χ0) is 34.7. The number of carboxylic acids is 1. The molecule has 2 aromatic carbocycles. The van der Waals surface area contributed by atoms with Crippen molar-refractivity contribution in [2.24, 2.45) is 0 Å². The predicted molar refractivity (Wildman–Crippen MR) is 189 cm³/mol. The van der Waals surface area contributed by atoms with Gasteiger partial charge in [0, 0.05) is 31.0 Å². The van der Waals surface area contributed by atoms with Crippen molar-refractivity contribution in [1.82, 2.24) is 15.3 Å². The first-order valence-corrected chi connectivity index (χ1v) is 17.3. The fourth-order valence-corrected chi connectivity index (χ4v) is 6.59. The number of Topliss-reactive ketones (excluding diaryl/α,β-unsaturated/α-hetero) is 1. The van der Waals surface area contributed by atoms with Crippen LogP contribution in [0.5, 0.6) is 0 Å². The number of carbonyl (C=O) groups excluding carboxylic acids is 2. The topological polar surface area (TPSA) is 142 Å². The second-order valence-corrected chi connectivity index (χ2v) is 13.4. The number of carboxylic acid groups (broad SMARTS) is 1. The van der Waals surface area contributed by atoms with E-state index in [0.29, 0.717) is 23.2 Å². The van der Waals surface area contributed by atoms with Gasteiger partial charge in [0.1, 0.15) is 17.4 Å². The Labute approximate surface area is 287 Å². The van der Waals surface area contributed by atoms with Gasteiger partial charge < -0.3 is 15.5 Å². The lowest BCUT2D eigenvalue weighted by atomic mass is 9.90. The molecule has 0 spiro atoms. The summed E-state index contributed by atoms with van der Waals surface area (Å²) in [6.45, 7) is 5.90. The monoisotopic (exact) mass is 660 g/mol. The molecule has 4 N–H and O–H groups in total. The number of aliphatic carboxylic acids is 1. The van der Waals surface area contributed by atoms with Crippen LogP contribution in [0, 0.1) is 13.8 Å². The number of amides is 1. The first-order chi connectivity index (χ1) is 23.7. The lowest BCUT2D eigenvalue weighted by molar-refractivity contribution is -0.140. The number of carbonyl (C=O) groups is 3. The molecule has 0 aliphatic heterocycles. The summed E-state index contributed by atoms with van der Waals surface area (Å²) < 4.78 is 0. The number of benzene rings is 2. The molecule has 4 aromatic rings. The first-order valence-electron chi connectivity index (χ1n) is 17.3. The molecular formula is C40H44N4O5. The summed E-state index contributed by atoms with van der Waals surface area (Å²) in [5, 5.41) is 24.6. The molecule has 6 rings (SSSR count). The fourth-order valence-electron chi connectivity index (χ4n) is 6.59. The molecule has 1 atom stereocenters. The maximum atomic E-state index is 13.6. The second kappa shape index (κ2) is 14.8. The minimum Gasteiger partial charge on any atom is -0.480 e. The highest BCUT2D eigenvalue weighted by Gasteiger charge is 2.29. The van der Waals surface area contributed by atoms with Gasteiger partial charge in [0.2, 0.25) is 0 Å². The van der Waals surface area contributed by atoms with E-state index in [0.717, 1.165) is 83.2 Å². The van der Waals surface area contributed by atoms with E-state index in [1.807, 2.05) is 68.6 Å². The molecule has 9 heteroatoms. The highest BCUT2D eigenvalue weighted by atomic mass is 16.4. The molecule has 1 amide bonds. The van der Waals surface area contributed by atoms with Crippen LogP contribution in [0.4, 0.5) is 5.69 Å².